The average Bonchev–Trinajstić information content (AvgIpc) is 2.78. The molecule has 1 aromatic carbocycles. The highest BCUT2D eigenvalue weighted by molar-refractivity contribution is 7.93. The molecule has 0 aliphatic heterocycles. The minimum Gasteiger partial charge on any atom is -0.344 e. The van der Waals surface area contributed by atoms with Gasteiger partial charge in [-0.2, -0.15) is 0 Å². The van der Waals surface area contributed by atoms with E-state index in [0.717, 1.165) is 11.3 Å². The Morgan fingerprint density at radius 3 is 2.43 bits per heavy atom. The third-order valence-electron chi connectivity index (χ3n) is 2.67. The van der Waals surface area contributed by atoms with Crippen LogP contribution in [0.5, 0.6) is 0 Å². The Bertz CT molecular complexity index is 752. The molecule has 1 aromatic heterocycles. The van der Waals surface area contributed by atoms with Gasteiger partial charge in [0.05, 0.1) is 10.6 Å². The van der Waals surface area contributed by atoms with Gasteiger partial charge in [0.25, 0.3) is 15.9 Å². The number of amides is 1. The van der Waals surface area contributed by atoms with E-state index in [4.69, 9.17) is 0 Å². The van der Waals surface area contributed by atoms with Crippen molar-refractivity contribution in [3.05, 3.63) is 40.9 Å². The number of aromatic nitrogens is 1. The summed E-state index contributed by atoms with van der Waals surface area (Å²) in [4.78, 5) is 18.0. The van der Waals surface area contributed by atoms with E-state index in [0.29, 0.717) is 10.6 Å². The third-order valence-corrected chi connectivity index (χ3v) is 5.22. The van der Waals surface area contributed by atoms with Gasteiger partial charge in [-0.05, 0) is 19.1 Å². The van der Waals surface area contributed by atoms with Crippen molar-refractivity contribution in [2.24, 2.45) is 0 Å². The molecule has 0 fully saturated rings. The number of hydrogen-bond acceptors (Lipinski definition) is 5. The maximum atomic E-state index is 12.2. The Labute approximate surface area is 127 Å². The first-order valence-corrected chi connectivity index (χ1v) is 8.38. The van der Waals surface area contributed by atoms with Crippen LogP contribution >= 0.6 is 11.3 Å². The molecule has 0 unspecified atom stereocenters. The molecule has 0 saturated carbocycles. The lowest BCUT2D eigenvalue weighted by atomic mass is 10.3. The maximum absolute atomic E-state index is 12.2. The average molecular weight is 325 g/mol. The second-order valence-corrected chi connectivity index (χ2v) is 7.23. The summed E-state index contributed by atoms with van der Waals surface area (Å²) in [6, 6.07) is 8.01. The van der Waals surface area contributed by atoms with Crippen molar-refractivity contribution >= 4 is 32.4 Å². The Kier molecular flexibility index (Phi) is 4.29. The number of nitrogens with one attached hydrogen (secondary N) is 1. The smallest absolute Gasteiger partial charge is 0.265 e. The van der Waals surface area contributed by atoms with Crippen molar-refractivity contribution in [3.8, 4) is 0 Å². The summed E-state index contributed by atoms with van der Waals surface area (Å²) in [5.41, 5.74) is 0.504. The predicted molar refractivity (Wildman–Crippen MR) is 82.1 cm³/mol. The number of thiazole rings is 1. The number of sulfonamides is 1. The zero-order valence-corrected chi connectivity index (χ0v) is 13.5. The Hall–Kier alpha value is -1.93. The van der Waals surface area contributed by atoms with E-state index in [1.807, 2.05) is 0 Å². The van der Waals surface area contributed by atoms with Crippen molar-refractivity contribution in [2.45, 2.75) is 11.8 Å². The normalized spacial score (nSPS) is 11.2. The van der Waals surface area contributed by atoms with Crippen LogP contribution in [0.15, 0.2) is 35.2 Å². The topological polar surface area (TPSA) is 79.4 Å². The van der Waals surface area contributed by atoms with Crippen molar-refractivity contribution < 1.29 is 13.2 Å². The minimum absolute atomic E-state index is 0.151. The molecule has 0 saturated heterocycles. The fourth-order valence-corrected chi connectivity index (χ4v) is 3.86. The number of aryl methyl sites for hydroxylation is 1. The van der Waals surface area contributed by atoms with Crippen LogP contribution in [0.1, 0.15) is 15.4 Å². The lowest BCUT2D eigenvalue weighted by Crippen LogP contribution is -2.21. The first kappa shape index (κ1) is 15.5. The van der Waals surface area contributed by atoms with Crippen LogP contribution in [0.2, 0.25) is 0 Å². The molecule has 1 heterocycles. The van der Waals surface area contributed by atoms with E-state index in [1.54, 1.807) is 39.2 Å². The van der Waals surface area contributed by atoms with E-state index in [-0.39, 0.29) is 15.9 Å². The van der Waals surface area contributed by atoms with Crippen LogP contribution in [-0.2, 0) is 10.0 Å². The zero-order chi connectivity index (χ0) is 15.6. The molecule has 8 heteroatoms. The van der Waals surface area contributed by atoms with Crippen molar-refractivity contribution in [3.63, 3.8) is 0 Å². The van der Waals surface area contributed by atoms with E-state index in [1.165, 1.54) is 17.0 Å². The predicted octanol–water partition coefficient (Wildman–Crippen LogP) is 1.95. The van der Waals surface area contributed by atoms with Crippen LogP contribution in [0.25, 0.3) is 0 Å². The summed E-state index contributed by atoms with van der Waals surface area (Å²) in [6.07, 6.45) is 0. The highest BCUT2D eigenvalue weighted by Crippen LogP contribution is 2.25. The lowest BCUT2D eigenvalue weighted by Gasteiger charge is -2.07. The van der Waals surface area contributed by atoms with Gasteiger partial charge in [-0.15, -0.1) is 0 Å². The molecule has 0 bridgehead atoms. The van der Waals surface area contributed by atoms with Gasteiger partial charge < -0.3 is 4.90 Å². The zero-order valence-electron chi connectivity index (χ0n) is 11.8. The number of anilines is 1. The maximum Gasteiger partial charge on any atom is 0.265 e. The lowest BCUT2D eigenvalue weighted by molar-refractivity contribution is 0.0831. The van der Waals surface area contributed by atoms with Gasteiger partial charge in [0.2, 0.25) is 0 Å². The molecule has 0 radical (unpaired) electrons. The third kappa shape index (κ3) is 3.40. The molecule has 0 aliphatic rings. The molecule has 2 rings (SSSR count). The number of rotatable bonds is 4. The van der Waals surface area contributed by atoms with E-state index in [9.17, 15) is 13.2 Å². The monoisotopic (exact) mass is 325 g/mol. The molecular formula is C13H15N3O3S2. The summed E-state index contributed by atoms with van der Waals surface area (Å²) in [6.45, 7) is 1.67. The van der Waals surface area contributed by atoms with Crippen LogP contribution < -0.4 is 4.72 Å². The van der Waals surface area contributed by atoms with Gasteiger partial charge >= 0.3 is 0 Å². The minimum atomic E-state index is -3.69. The number of carbonyl (C=O) groups excluding carboxylic acids is 1. The highest BCUT2D eigenvalue weighted by Gasteiger charge is 2.20. The molecule has 21 heavy (non-hydrogen) atoms. The summed E-state index contributed by atoms with van der Waals surface area (Å²) < 4.78 is 26.8. The highest BCUT2D eigenvalue weighted by atomic mass is 32.2. The fraction of sp³-hybridized carbons (Fsp3) is 0.231. The molecule has 6 nitrogen and oxygen atoms in total. The van der Waals surface area contributed by atoms with Gasteiger partial charge in [0.15, 0.2) is 5.13 Å². The quantitative estimate of drug-likeness (QED) is 0.932. The Balaban J connectivity index is 2.29. The van der Waals surface area contributed by atoms with Crippen molar-refractivity contribution in [1.29, 1.82) is 0 Å². The van der Waals surface area contributed by atoms with Crippen LogP contribution in [0.3, 0.4) is 0 Å². The standard InChI is InChI=1S/C13H15N3O3S2/c1-9-11(12(17)16(2)3)20-13(14-9)15-21(18,19)10-7-5-4-6-8-10/h4-8H,1-3H3,(H,14,15). The number of carbonyl (C=O) groups is 1. The summed E-state index contributed by atoms with van der Waals surface area (Å²) in [5.74, 6) is -0.199. The first-order valence-electron chi connectivity index (χ1n) is 6.08. The number of hydrogen-bond donors (Lipinski definition) is 1. The molecule has 1 N–H and O–H groups in total. The molecule has 1 amide bonds. The van der Waals surface area contributed by atoms with Gasteiger partial charge in [0, 0.05) is 14.1 Å². The van der Waals surface area contributed by atoms with Crippen LogP contribution in [0, 0.1) is 6.92 Å². The van der Waals surface area contributed by atoms with Crippen LogP contribution in [0.4, 0.5) is 5.13 Å². The molecule has 2 aromatic rings. The summed E-state index contributed by atoms with van der Waals surface area (Å²) >= 11 is 1.02. The van der Waals surface area contributed by atoms with Crippen molar-refractivity contribution in [2.75, 3.05) is 18.8 Å². The Morgan fingerprint density at radius 1 is 1.24 bits per heavy atom. The molecule has 0 spiro atoms. The Morgan fingerprint density at radius 2 is 1.86 bits per heavy atom. The fourth-order valence-electron chi connectivity index (χ4n) is 1.62. The largest absolute Gasteiger partial charge is 0.344 e. The van der Waals surface area contributed by atoms with Crippen molar-refractivity contribution in [1.82, 2.24) is 9.88 Å². The number of benzene rings is 1. The second kappa shape index (κ2) is 5.82. The van der Waals surface area contributed by atoms with Gasteiger partial charge in [0.1, 0.15) is 4.88 Å². The molecule has 0 aliphatic carbocycles. The van der Waals surface area contributed by atoms with Gasteiger partial charge in [-0.1, -0.05) is 29.5 Å². The van der Waals surface area contributed by atoms with Crippen LogP contribution in [-0.4, -0.2) is 38.3 Å². The van der Waals surface area contributed by atoms with E-state index in [2.05, 4.69) is 9.71 Å². The first-order chi connectivity index (χ1) is 9.81. The molecule has 0 atom stereocenters. The molecule has 112 valence electrons. The van der Waals surface area contributed by atoms with E-state index >= 15 is 0 Å². The SMILES string of the molecule is Cc1nc(NS(=O)(=O)c2ccccc2)sc1C(=O)N(C)C. The molecular weight excluding hydrogens is 310 g/mol. The summed E-state index contributed by atoms with van der Waals surface area (Å²) in [7, 11) is -0.421. The summed E-state index contributed by atoms with van der Waals surface area (Å²) in [5, 5.41) is 0.182. The second-order valence-electron chi connectivity index (χ2n) is 4.55. The van der Waals surface area contributed by atoms with E-state index < -0.39 is 10.0 Å². The van der Waals surface area contributed by atoms with Gasteiger partial charge in [-0.25, -0.2) is 13.4 Å². The van der Waals surface area contributed by atoms with Gasteiger partial charge in [-0.3, -0.25) is 9.52 Å². The number of nitrogens with zero attached hydrogens (tertiary/aromatic N) is 2.